The maximum Gasteiger partial charge on any atom is 0.250 e. The summed E-state index contributed by atoms with van der Waals surface area (Å²) in [5.41, 5.74) is 6.63. The van der Waals surface area contributed by atoms with Gasteiger partial charge in [0, 0.05) is 6.20 Å². The van der Waals surface area contributed by atoms with Crippen molar-refractivity contribution in [3.8, 4) is 11.6 Å². The van der Waals surface area contributed by atoms with Gasteiger partial charge >= 0.3 is 0 Å². The molecule has 0 aromatic carbocycles. The molecular weight excluding hydrogens is 220 g/mol. The smallest absolute Gasteiger partial charge is 0.250 e. The summed E-state index contributed by atoms with van der Waals surface area (Å²) in [6.45, 7) is 0. The number of rotatable bonds is 2. The van der Waals surface area contributed by atoms with Gasteiger partial charge in [-0.15, -0.1) is 0 Å². The monoisotopic (exact) mass is 228 g/mol. The first-order chi connectivity index (χ1) is 8.33. The zero-order chi connectivity index (χ0) is 11.7. The lowest BCUT2D eigenvalue weighted by atomic mass is 10.4. The lowest BCUT2D eigenvalue weighted by Crippen LogP contribution is -1.98. The highest BCUT2D eigenvalue weighted by atomic mass is 16.5. The molecule has 3 aromatic heterocycles. The van der Waals surface area contributed by atoms with Crippen molar-refractivity contribution >= 4 is 17.1 Å². The number of H-pyrrole nitrogens is 1. The molecule has 0 aliphatic carbocycles. The molecule has 84 valence electrons. The second kappa shape index (κ2) is 3.71. The molecule has 0 amide bonds. The van der Waals surface area contributed by atoms with Crippen LogP contribution in [0.3, 0.4) is 0 Å². The van der Waals surface area contributed by atoms with Gasteiger partial charge in [-0.2, -0.15) is 9.97 Å². The Morgan fingerprint density at radius 2 is 2.24 bits per heavy atom. The van der Waals surface area contributed by atoms with Crippen molar-refractivity contribution in [3.05, 3.63) is 30.9 Å². The second-order valence-electron chi connectivity index (χ2n) is 3.28. The van der Waals surface area contributed by atoms with Gasteiger partial charge < -0.3 is 15.5 Å². The van der Waals surface area contributed by atoms with E-state index in [0.717, 1.165) is 0 Å². The molecule has 0 fully saturated rings. The zero-order valence-corrected chi connectivity index (χ0v) is 8.66. The van der Waals surface area contributed by atoms with E-state index in [2.05, 4.69) is 24.9 Å². The van der Waals surface area contributed by atoms with E-state index in [1.165, 1.54) is 6.33 Å². The molecule has 0 atom stereocenters. The standard InChI is InChI=1S/C10H8N6O/c11-10-15-8-7(13-5-14-8)9(16-10)17-6-2-1-3-12-4-6/h1-5H,(H3,11,13,14,15,16). The van der Waals surface area contributed by atoms with Gasteiger partial charge in [0.15, 0.2) is 5.65 Å². The molecule has 0 saturated heterocycles. The zero-order valence-electron chi connectivity index (χ0n) is 8.66. The fourth-order valence-corrected chi connectivity index (χ4v) is 1.42. The molecule has 3 N–H and O–H groups in total. The first-order valence-electron chi connectivity index (χ1n) is 4.87. The Balaban J connectivity index is 2.08. The molecule has 3 rings (SSSR count). The Bertz CT molecular complexity index is 650. The van der Waals surface area contributed by atoms with Crippen molar-refractivity contribution in [1.29, 1.82) is 0 Å². The van der Waals surface area contributed by atoms with Crippen LogP contribution in [0, 0.1) is 0 Å². The van der Waals surface area contributed by atoms with Crippen LogP contribution >= 0.6 is 0 Å². The number of pyridine rings is 1. The molecule has 0 unspecified atom stereocenters. The first-order valence-corrected chi connectivity index (χ1v) is 4.87. The van der Waals surface area contributed by atoms with Crippen molar-refractivity contribution in [2.75, 3.05) is 5.73 Å². The number of imidazole rings is 1. The van der Waals surface area contributed by atoms with Crippen LogP contribution in [0.2, 0.25) is 0 Å². The molecular formula is C10H8N6O. The van der Waals surface area contributed by atoms with Crippen molar-refractivity contribution < 1.29 is 4.74 Å². The average molecular weight is 228 g/mol. The quantitative estimate of drug-likeness (QED) is 0.681. The number of aromatic amines is 1. The number of hydrogen-bond acceptors (Lipinski definition) is 6. The number of fused-ring (bicyclic) bond motifs is 1. The van der Waals surface area contributed by atoms with Gasteiger partial charge in [-0.1, -0.05) is 0 Å². The Hall–Kier alpha value is -2.70. The van der Waals surface area contributed by atoms with Crippen LogP contribution in [-0.2, 0) is 0 Å². The molecule has 3 aromatic rings. The van der Waals surface area contributed by atoms with E-state index in [0.29, 0.717) is 22.8 Å². The van der Waals surface area contributed by atoms with Crippen LogP contribution < -0.4 is 10.5 Å². The van der Waals surface area contributed by atoms with Crippen LogP contribution in [0.5, 0.6) is 11.6 Å². The molecule has 7 heteroatoms. The van der Waals surface area contributed by atoms with Crippen LogP contribution in [0.25, 0.3) is 11.2 Å². The summed E-state index contributed by atoms with van der Waals surface area (Å²) in [6.07, 6.45) is 4.75. The number of ether oxygens (including phenoxy) is 1. The maximum atomic E-state index is 5.57. The predicted molar refractivity (Wildman–Crippen MR) is 60.4 cm³/mol. The summed E-state index contributed by atoms with van der Waals surface area (Å²) in [5, 5.41) is 0. The van der Waals surface area contributed by atoms with Gasteiger partial charge in [-0.3, -0.25) is 4.98 Å². The van der Waals surface area contributed by atoms with E-state index >= 15 is 0 Å². The van der Waals surface area contributed by atoms with E-state index < -0.39 is 0 Å². The number of nitrogen functional groups attached to an aromatic ring is 1. The van der Waals surface area contributed by atoms with Gasteiger partial charge in [0.2, 0.25) is 5.95 Å². The number of hydrogen-bond donors (Lipinski definition) is 2. The fourth-order valence-electron chi connectivity index (χ4n) is 1.42. The molecule has 0 aliphatic heterocycles. The number of nitrogens with two attached hydrogens (primary N) is 1. The third-order valence-corrected chi connectivity index (χ3v) is 2.12. The predicted octanol–water partition coefficient (Wildman–Crippen LogP) is 1.12. The van der Waals surface area contributed by atoms with Crippen LogP contribution in [-0.4, -0.2) is 24.9 Å². The summed E-state index contributed by atoms with van der Waals surface area (Å²) in [4.78, 5) is 18.8. The Kier molecular flexibility index (Phi) is 2.08. The van der Waals surface area contributed by atoms with E-state index in [4.69, 9.17) is 10.5 Å². The highest BCUT2D eigenvalue weighted by molar-refractivity contribution is 5.77. The SMILES string of the molecule is Nc1nc(Oc2cccnc2)c2[nH]cnc2n1. The van der Waals surface area contributed by atoms with Gasteiger partial charge in [0.25, 0.3) is 5.88 Å². The Morgan fingerprint density at radius 3 is 3.06 bits per heavy atom. The lowest BCUT2D eigenvalue weighted by Gasteiger charge is -2.04. The topological polar surface area (TPSA) is 103 Å². The first kappa shape index (κ1) is 9.52. The number of aromatic nitrogens is 5. The maximum absolute atomic E-state index is 5.57. The highest BCUT2D eigenvalue weighted by Crippen LogP contribution is 2.24. The van der Waals surface area contributed by atoms with Gasteiger partial charge in [0.05, 0.1) is 12.5 Å². The van der Waals surface area contributed by atoms with Crippen molar-refractivity contribution in [3.63, 3.8) is 0 Å². The average Bonchev–Trinajstić information content (AvgIpc) is 2.78. The molecule has 0 spiro atoms. The minimum absolute atomic E-state index is 0.114. The Labute approximate surface area is 95.7 Å². The third-order valence-electron chi connectivity index (χ3n) is 2.12. The highest BCUT2D eigenvalue weighted by Gasteiger charge is 2.10. The summed E-state index contributed by atoms with van der Waals surface area (Å²) < 4.78 is 5.57. The van der Waals surface area contributed by atoms with Crippen LogP contribution in [0.1, 0.15) is 0 Å². The van der Waals surface area contributed by atoms with E-state index in [1.54, 1.807) is 24.5 Å². The molecule has 0 bridgehead atoms. The molecule has 0 saturated carbocycles. The van der Waals surface area contributed by atoms with Crippen LogP contribution in [0.15, 0.2) is 30.9 Å². The normalized spacial score (nSPS) is 10.6. The minimum atomic E-state index is 0.114. The van der Waals surface area contributed by atoms with Crippen molar-refractivity contribution in [1.82, 2.24) is 24.9 Å². The molecule has 17 heavy (non-hydrogen) atoms. The molecule has 0 radical (unpaired) electrons. The van der Waals surface area contributed by atoms with Gasteiger partial charge in [-0.25, -0.2) is 4.98 Å². The van der Waals surface area contributed by atoms with Gasteiger partial charge in [0.1, 0.15) is 11.3 Å². The molecule has 3 heterocycles. The largest absolute Gasteiger partial charge is 0.435 e. The number of nitrogens with zero attached hydrogens (tertiary/aromatic N) is 4. The van der Waals surface area contributed by atoms with E-state index in [9.17, 15) is 0 Å². The van der Waals surface area contributed by atoms with Gasteiger partial charge in [-0.05, 0) is 12.1 Å². The van der Waals surface area contributed by atoms with E-state index in [-0.39, 0.29) is 5.95 Å². The van der Waals surface area contributed by atoms with E-state index in [1.807, 2.05) is 0 Å². The summed E-state index contributed by atoms with van der Waals surface area (Å²) in [6, 6.07) is 3.54. The third kappa shape index (κ3) is 1.73. The second-order valence-corrected chi connectivity index (χ2v) is 3.28. The number of anilines is 1. The summed E-state index contributed by atoms with van der Waals surface area (Å²) in [7, 11) is 0. The minimum Gasteiger partial charge on any atom is -0.435 e. The lowest BCUT2D eigenvalue weighted by molar-refractivity contribution is 0.466. The summed E-state index contributed by atoms with van der Waals surface area (Å²) >= 11 is 0. The number of nitrogens with one attached hydrogen (secondary N) is 1. The van der Waals surface area contributed by atoms with Crippen LogP contribution in [0.4, 0.5) is 5.95 Å². The molecule has 7 nitrogen and oxygen atoms in total. The Morgan fingerprint density at radius 1 is 1.29 bits per heavy atom. The summed E-state index contributed by atoms with van der Waals surface area (Å²) in [5.74, 6) is 1.02. The van der Waals surface area contributed by atoms with Crippen molar-refractivity contribution in [2.24, 2.45) is 0 Å². The van der Waals surface area contributed by atoms with Crippen molar-refractivity contribution in [2.45, 2.75) is 0 Å². The fraction of sp³-hybridized carbons (Fsp3) is 0. The molecule has 0 aliphatic rings.